The van der Waals surface area contributed by atoms with Crippen molar-refractivity contribution in [3.05, 3.63) is 102 Å². The molecular weight excluding hydrogens is 430 g/mol. The number of rotatable bonds is 5. The van der Waals surface area contributed by atoms with Gasteiger partial charge in [0.05, 0.1) is 12.6 Å². The molecule has 0 N–H and O–H groups in total. The molecule has 1 fully saturated rings. The largest absolute Gasteiger partial charge is 0.487 e. The summed E-state index contributed by atoms with van der Waals surface area (Å²) in [4.78, 5) is 2.40. The Hall–Kier alpha value is -3.06. The van der Waals surface area contributed by atoms with Crippen LogP contribution < -0.4 is 4.74 Å². The van der Waals surface area contributed by atoms with E-state index in [1.54, 1.807) is 0 Å². The van der Waals surface area contributed by atoms with Gasteiger partial charge in [-0.05, 0) is 50.8 Å². The van der Waals surface area contributed by atoms with Crippen LogP contribution in [0.3, 0.4) is 0 Å². The van der Waals surface area contributed by atoms with Gasteiger partial charge in [-0.2, -0.15) is 0 Å². The summed E-state index contributed by atoms with van der Waals surface area (Å²) in [6, 6.07) is 29.6. The summed E-state index contributed by atoms with van der Waals surface area (Å²) in [5.74, 6) is 8.29. The van der Waals surface area contributed by atoms with Crippen LogP contribution in [0.4, 0.5) is 0 Å². The van der Waals surface area contributed by atoms with Crippen LogP contribution >= 0.6 is 0 Å². The normalized spacial score (nSPS) is 24.5. The van der Waals surface area contributed by atoms with Gasteiger partial charge in [-0.25, -0.2) is 0 Å². The van der Waals surface area contributed by atoms with E-state index in [0.717, 1.165) is 37.2 Å². The highest BCUT2D eigenvalue weighted by Crippen LogP contribution is 2.52. The van der Waals surface area contributed by atoms with Crippen molar-refractivity contribution in [2.45, 2.75) is 64.0 Å². The average Bonchev–Trinajstić information content (AvgIpc) is 2.85. The van der Waals surface area contributed by atoms with Gasteiger partial charge < -0.3 is 9.47 Å². The summed E-state index contributed by atoms with van der Waals surface area (Å²) < 4.78 is 13.1. The van der Waals surface area contributed by atoms with Crippen molar-refractivity contribution in [2.24, 2.45) is 5.92 Å². The van der Waals surface area contributed by atoms with Crippen molar-refractivity contribution in [1.82, 2.24) is 4.90 Å². The van der Waals surface area contributed by atoms with E-state index in [1.807, 2.05) is 6.07 Å². The Labute approximate surface area is 210 Å². The van der Waals surface area contributed by atoms with Crippen LogP contribution in [0.2, 0.25) is 0 Å². The fourth-order valence-corrected chi connectivity index (χ4v) is 5.44. The number of hydrogen-bond acceptors (Lipinski definition) is 3. The minimum absolute atomic E-state index is 0.00717. The van der Waals surface area contributed by atoms with Gasteiger partial charge in [-0.15, -0.1) is 0 Å². The van der Waals surface area contributed by atoms with Gasteiger partial charge in [-0.1, -0.05) is 90.7 Å². The summed E-state index contributed by atoms with van der Waals surface area (Å²) in [5, 5.41) is 0. The summed E-state index contributed by atoms with van der Waals surface area (Å²) in [5.41, 5.74) is 3.03. The maximum atomic E-state index is 6.79. The number of benzene rings is 3. The summed E-state index contributed by atoms with van der Waals surface area (Å²) in [6.07, 6.45) is 1.95. The first-order valence-corrected chi connectivity index (χ1v) is 12.7. The second-order valence-corrected chi connectivity index (χ2v) is 10.6. The number of fused-ring (bicyclic) bond motifs is 3. The third-order valence-electron chi connectivity index (χ3n) is 7.33. The van der Waals surface area contributed by atoms with Crippen molar-refractivity contribution >= 4 is 0 Å². The SMILES string of the molecule is CC1(C)Oc2ccccc2[C@@H]2O[C@@](C)(C#CCN(Cc3ccccc3)Cc3ccccc3)CC[C@H]21. The Morgan fingerprint density at radius 2 is 1.43 bits per heavy atom. The van der Waals surface area contributed by atoms with E-state index in [9.17, 15) is 0 Å². The maximum Gasteiger partial charge on any atom is 0.126 e. The molecule has 0 aliphatic carbocycles. The molecule has 0 radical (unpaired) electrons. The van der Waals surface area contributed by atoms with E-state index in [0.29, 0.717) is 12.5 Å². The highest BCUT2D eigenvalue weighted by molar-refractivity contribution is 5.39. The molecule has 3 atom stereocenters. The van der Waals surface area contributed by atoms with Gasteiger partial charge in [0.2, 0.25) is 0 Å². The number of hydrogen-bond donors (Lipinski definition) is 0. The zero-order valence-electron chi connectivity index (χ0n) is 21.0. The predicted octanol–water partition coefficient (Wildman–Crippen LogP) is 6.79. The summed E-state index contributed by atoms with van der Waals surface area (Å²) >= 11 is 0. The van der Waals surface area contributed by atoms with Crippen molar-refractivity contribution in [1.29, 1.82) is 0 Å². The molecule has 5 rings (SSSR count). The predicted molar refractivity (Wildman–Crippen MR) is 141 cm³/mol. The molecule has 0 spiro atoms. The van der Waals surface area contributed by atoms with Crippen LogP contribution in [-0.2, 0) is 17.8 Å². The molecule has 35 heavy (non-hydrogen) atoms. The fourth-order valence-electron chi connectivity index (χ4n) is 5.44. The van der Waals surface area contributed by atoms with Crippen LogP contribution in [0.5, 0.6) is 5.75 Å². The second-order valence-electron chi connectivity index (χ2n) is 10.6. The van der Waals surface area contributed by atoms with Crippen LogP contribution in [0.15, 0.2) is 84.9 Å². The molecule has 0 unspecified atom stereocenters. The molecular formula is C32H35NO2. The first kappa shape index (κ1) is 23.7. The highest BCUT2D eigenvalue weighted by Gasteiger charge is 2.49. The summed E-state index contributed by atoms with van der Waals surface area (Å²) in [7, 11) is 0. The molecule has 0 aromatic heterocycles. The zero-order chi connectivity index (χ0) is 24.3. The standard InChI is InChI=1S/C32H35NO2/c1-31(2)28-19-21-32(3,35-30(28)27-17-10-11-18-29(27)34-31)20-12-22-33(23-25-13-6-4-7-14-25)24-26-15-8-5-9-16-26/h4-11,13-18,28,30H,19,21-24H2,1-3H3/t28-,30+,32+/m1/s1. The maximum absolute atomic E-state index is 6.79. The van der Waals surface area contributed by atoms with E-state index < -0.39 is 5.60 Å². The van der Waals surface area contributed by atoms with Crippen LogP contribution in [0.1, 0.15) is 56.4 Å². The fraction of sp³-hybridized carbons (Fsp3) is 0.375. The van der Waals surface area contributed by atoms with Gasteiger partial charge in [0.1, 0.15) is 17.0 Å². The Morgan fingerprint density at radius 3 is 2.09 bits per heavy atom. The van der Waals surface area contributed by atoms with Crippen LogP contribution in [-0.4, -0.2) is 22.6 Å². The zero-order valence-corrected chi connectivity index (χ0v) is 21.0. The van der Waals surface area contributed by atoms with Crippen molar-refractivity contribution in [3.8, 4) is 17.6 Å². The lowest BCUT2D eigenvalue weighted by atomic mass is 9.73. The minimum atomic E-state index is -0.465. The average molecular weight is 466 g/mol. The Bertz CT molecular complexity index is 1150. The van der Waals surface area contributed by atoms with Gasteiger partial charge in [0.25, 0.3) is 0 Å². The molecule has 3 aromatic carbocycles. The molecule has 1 saturated heterocycles. The lowest BCUT2D eigenvalue weighted by molar-refractivity contribution is -0.169. The van der Waals surface area contributed by atoms with E-state index >= 15 is 0 Å². The van der Waals surface area contributed by atoms with Crippen LogP contribution in [0, 0.1) is 17.8 Å². The molecule has 3 heteroatoms. The third kappa shape index (κ3) is 5.45. The Morgan fingerprint density at radius 1 is 0.829 bits per heavy atom. The minimum Gasteiger partial charge on any atom is -0.487 e. The molecule has 0 bridgehead atoms. The number of nitrogens with zero attached hydrogens (tertiary/aromatic N) is 1. The molecule has 180 valence electrons. The number of ether oxygens (including phenoxy) is 2. The monoisotopic (exact) mass is 465 g/mol. The smallest absolute Gasteiger partial charge is 0.126 e. The lowest BCUT2D eigenvalue weighted by Gasteiger charge is -2.50. The van der Waals surface area contributed by atoms with Crippen LogP contribution in [0.25, 0.3) is 0 Å². The molecule has 2 aliphatic heterocycles. The lowest BCUT2D eigenvalue weighted by Crippen LogP contribution is -2.50. The topological polar surface area (TPSA) is 21.7 Å². The quantitative estimate of drug-likeness (QED) is 0.387. The molecule has 3 aromatic rings. The third-order valence-corrected chi connectivity index (χ3v) is 7.33. The van der Waals surface area contributed by atoms with Crippen molar-refractivity contribution in [2.75, 3.05) is 6.54 Å². The van der Waals surface area contributed by atoms with Gasteiger partial charge in [-0.3, -0.25) is 4.90 Å². The van der Waals surface area contributed by atoms with E-state index in [4.69, 9.17) is 9.47 Å². The van der Waals surface area contributed by atoms with Crippen molar-refractivity contribution in [3.63, 3.8) is 0 Å². The van der Waals surface area contributed by atoms with E-state index in [2.05, 4.69) is 116 Å². The highest BCUT2D eigenvalue weighted by atomic mass is 16.5. The molecule has 0 saturated carbocycles. The second kappa shape index (κ2) is 9.90. The first-order valence-electron chi connectivity index (χ1n) is 12.7. The summed E-state index contributed by atoms with van der Waals surface area (Å²) in [6.45, 7) is 8.95. The molecule has 0 amide bonds. The molecule has 3 nitrogen and oxygen atoms in total. The molecule has 2 heterocycles. The van der Waals surface area contributed by atoms with E-state index in [1.165, 1.54) is 11.1 Å². The Kier molecular flexibility index (Phi) is 6.69. The number of para-hydroxylation sites is 1. The van der Waals surface area contributed by atoms with E-state index in [-0.39, 0.29) is 11.7 Å². The molecule has 2 aliphatic rings. The first-order chi connectivity index (χ1) is 16.9. The Balaban J connectivity index is 1.33. The van der Waals surface area contributed by atoms with Crippen molar-refractivity contribution < 1.29 is 9.47 Å². The van der Waals surface area contributed by atoms with Gasteiger partial charge in [0.15, 0.2) is 0 Å². The van der Waals surface area contributed by atoms with Gasteiger partial charge >= 0.3 is 0 Å². The van der Waals surface area contributed by atoms with Gasteiger partial charge in [0, 0.05) is 24.6 Å².